The van der Waals surface area contributed by atoms with Gasteiger partial charge in [0.1, 0.15) is 22.8 Å². The first-order chi connectivity index (χ1) is 21.7. The number of carbonyl (C=O) groups is 3. The Bertz CT molecular complexity index is 1710. The largest absolute Gasteiger partial charge is 0.508 e. The highest BCUT2D eigenvalue weighted by molar-refractivity contribution is 6.24. The van der Waals surface area contributed by atoms with Crippen LogP contribution in [-0.4, -0.2) is 128 Å². The molecule has 6 atom stereocenters. The maximum atomic E-state index is 14.1. The van der Waals surface area contributed by atoms with Gasteiger partial charge in [-0.2, -0.15) is 0 Å². The summed E-state index contributed by atoms with van der Waals surface area (Å²) in [5.41, 5.74) is 2.27. The molecule has 1 saturated carbocycles. The Morgan fingerprint density at radius 1 is 1.04 bits per heavy atom. The van der Waals surface area contributed by atoms with Gasteiger partial charge in [0, 0.05) is 49.8 Å². The number of amides is 1. The normalized spacial score (nSPS) is 30.4. The highest BCUT2D eigenvalue weighted by Crippen LogP contribution is 2.56. The topological polar surface area (TPSA) is 208 Å². The number of primary amides is 1. The summed E-state index contributed by atoms with van der Waals surface area (Å²) >= 11 is 0. The number of ketones is 2. The third kappa shape index (κ3) is 4.57. The van der Waals surface area contributed by atoms with Gasteiger partial charge in [0.15, 0.2) is 11.4 Å². The maximum absolute atomic E-state index is 14.1. The zero-order valence-corrected chi connectivity index (χ0v) is 25.7. The lowest BCUT2D eigenvalue weighted by molar-refractivity contribution is -0.174. The smallest absolute Gasteiger partial charge is 0.255 e. The quantitative estimate of drug-likeness (QED) is 0.214. The molecule has 2 aromatic rings. The van der Waals surface area contributed by atoms with Gasteiger partial charge in [-0.3, -0.25) is 24.2 Å². The molecule has 0 bridgehead atoms. The van der Waals surface area contributed by atoms with Crippen LogP contribution in [0.3, 0.4) is 0 Å². The van der Waals surface area contributed by atoms with Crippen LogP contribution in [0.15, 0.2) is 53.3 Å². The van der Waals surface area contributed by atoms with Crippen molar-refractivity contribution in [1.29, 1.82) is 0 Å². The average Bonchev–Trinajstić information content (AvgIpc) is 3.00. The van der Waals surface area contributed by atoms with Gasteiger partial charge in [-0.15, -0.1) is 0 Å². The molecule has 46 heavy (non-hydrogen) atoms. The first kappa shape index (κ1) is 31.9. The molecule has 13 nitrogen and oxygen atoms in total. The zero-order chi connectivity index (χ0) is 33.4. The number of hydrogen-bond donors (Lipinski definition) is 7. The van der Waals surface area contributed by atoms with E-state index in [1.807, 2.05) is 18.2 Å². The predicted octanol–water partition coefficient (Wildman–Crippen LogP) is -0.160. The second-order valence-corrected chi connectivity index (χ2v) is 12.9. The molecule has 4 aliphatic rings. The number of fused-ring (bicyclic) bond motifs is 3. The number of nitrogens with zero attached hydrogens (tertiary/aromatic N) is 3. The number of rotatable bonds is 5. The van der Waals surface area contributed by atoms with Crippen LogP contribution >= 0.6 is 0 Å². The van der Waals surface area contributed by atoms with Crippen molar-refractivity contribution < 1.29 is 45.0 Å². The summed E-state index contributed by atoms with van der Waals surface area (Å²) in [4.78, 5) is 45.5. The lowest BCUT2D eigenvalue weighted by Crippen LogP contribution is -2.70. The molecule has 0 aromatic heterocycles. The standard InChI is InChI=1S/C33H38N4O9/c1-35(2)24-23-28(41)20-21(30(43)33(23,46)31(44)22(29(24)42)32(34)45)27(40)19-18(26(20)39)8-7-17(25(19)38)16-6-4-5-15(13-16)14-37-11-9-36(3)10-12-37/h4-8,13,20,23-24,26,28,38-41,44,46H,9-12,14H2,1-3H3,(H2,34,45)/t20-,23+,24-,26-,28-,33-/m0/s1. The molecule has 6 rings (SSSR count). The Morgan fingerprint density at radius 2 is 1.72 bits per heavy atom. The van der Waals surface area contributed by atoms with Crippen molar-refractivity contribution in [1.82, 2.24) is 14.7 Å². The fourth-order valence-corrected chi connectivity index (χ4v) is 7.62. The van der Waals surface area contributed by atoms with Crippen LogP contribution in [0.2, 0.25) is 0 Å². The minimum absolute atomic E-state index is 0.0134. The van der Waals surface area contributed by atoms with E-state index in [0.717, 1.165) is 31.7 Å². The van der Waals surface area contributed by atoms with Gasteiger partial charge in [0.25, 0.3) is 5.91 Å². The number of phenolic OH excluding ortho intramolecular Hbond substituents is 1. The van der Waals surface area contributed by atoms with Crippen molar-refractivity contribution in [2.24, 2.45) is 17.6 Å². The minimum atomic E-state index is -3.06. The number of aliphatic hydroxyl groups excluding tert-OH is 4. The molecule has 244 valence electrons. The molecule has 1 amide bonds. The summed E-state index contributed by atoms with van der Waals surface area (Å²) in [5.74, 6) is -9.67. The molecule has 13 heteroatoms. The number of carbonyl (C=O) groups excluding carboxylic acids is 3. The fourth-order valence-electron chi connectivity index (χ4n) is 7.62. The van der Waals surface area contributed by atoms with Gasteiger partial charge < -0.3 is 41.3 Å². The predicted molar refractivity (Wildman–Crippen MR) is 165 cm³/mol. The first-order valence-electron chi connectivity index (χ1n) is 15.1. The SMILES string of the molecule is CN1CCN(Cc2cccc(-c3ccc4c(c3O)C(O)=C3C(=O)[C@]5(O)C(O)=C(C(N)=O)C(=O)[C@@H](N(C)C)[C@@H]5[C@@H](O)[C@@H]3[C@H]4O)c2)CC1. The Hall–Kier alpha value is -4.11. The second-order valence-electron chi connectivity index (χ2n) is 12.9. The maximum Gasteiger partial charge on any atom is 0.255 e. The van der Waals surface area contributed by atoms with E-state index in [-0.39, 0.29) is 11.1 Å². The summed E-state index contributed by atoms with van der Waals surface area (Å²) < 4.78 is 0. The van der Waals surface area contributed by atoms with E-state index in [2.05, 4.69) is 16.8 Å². The van der Waals surface area contributed by atoms with E-state index < -0.39 is 81.6 Å². The summed E-state index contributed by atoms with van der Waals surface area (Å²) in [6.45, 7) is 4.42. The van der Waals surface area contributed by atoms with Gasteiger partial charge >= 0.3 is 0 Å². The van der Waals surface area contributed by atoms with Crippen molar-refractivity contribution in [3.05, 3.63) is 70.0 Å². The van der Waals surface area contributed by atoms with Crippen molar-refractivity contribution in [3.8, 4) is 16.9 Å². The average molecular weight is 635 g/mol. The van der Waals surface area contributed by atoms with E-state index in [1.54, 1.807) is 12.1 Å². The number of hydrogen-bond acceptors (Lipinski definition) is 12. The van der Waals surface area contributed by atoms with E-state index in [0.29, 0.717) is 17.7 Å². The number of aliphatic hydroxyl groups is 5. The van der Waals surface area contributed by atoms with Gasteiger partial charge in [0.2, 0.25) is 5.78 Å². The van der Waals surface area contributed by atoms with Crippen LogP contribution in [-0.2, 0) is 20.9 Å². The van der Waals surface area contributed by atoms with Crippen LogP contribution in [0.1, 0.15) is 22.8 Å². The third-order valence-electron chi connectivity index (χ3n) is 10.00. The Labute approximate surface area is 265 Å². The molecule has 1 saturated heterocycles. The number of likely N-dealkylation sites (N-methyl/N-ethyl adjacent to an activating group) is 2. The molecule has 1 heterocycles. The van der Waals surface area contributed by atoms with Crippen molar-refractivity contribution in [3.63, 3.8) is 0 Å². The third-order valence-corrected chi connectivity index (χ3v) is 10.00. The molecule has 2 aromatic carbocycles. The highest BCUT2D eigenvalue weighted by atomic mass is 16.4. The summed E-state index contributed by atoms with van der Waals surface area (Å²) in [6.07, 6.45) is -3.56. The molecule has 0 radical (unpaired) electrons. The van der Waals surface area contributed by atoms with Crippen LogP contribution < -0.4 is 5.73 Å². The molecular formula is C33H38N4O9. The molecule has 0 unspecified atom stereocenters. The van der Waals surface area contributed by atoms with Gasteiger partial charge in [-0.1, -0.05) is 30.3 Å². The van der Waals surface area contributed by atoms with Crippen LogP contribution in [0.4, 0.5) is 0 Å². The van der Waals surface area contributed by atoms with Gasteiger partial charge in [-0.05, 0) is 43.9 Å². The zero-order valence-electron chi connectivity index (χ0n) is 25.7. The van der Waals surface area contributed by atoms with Crippen LogP contribution in [0.5, 0.6) is 5.75 Å². The Kier molecular flexibility index (Phi) is 7.82. The number of phenols is 1. The second kappa shape index (κ2) is 11.3. The highest BCUT2D eigenvalue weighted by Gasteiger charge is 2.68. The van der Waals surface area contributed by atoms with Crippen molar-refractivity contribution in [2.75, 3.05) is 47.3 Å². The summed E-state index contributed by atoms with van der Waals surface area (Å²) in [6, 6.07) is 9.04. The van der Waals surface area contributed by atoms with E-state index in [1.165, 1.54) is 25.1 Å². The Morgan fingerprint density at radius 3 is 2.35 bits per heavy atom. The van der Waals surface area contributed by atoms with E-state index >= 15 is 0 Å². The number of aromatic hydroxyl groups is 1. The Balaban J connectivity index is 1.46. The van der Waals surface area contributed by atoms with Crippen molar-refractivity contribution in [2.45, 2.75) is 30.4 Å². The number of benzene rings is 2. The summed E-state index contributed by atoms with van der Waals surface area (Å²) in [7, 11) is 4.90. The molecule has 3 aliphatic carbocycles. The van der Waals surface area contributed by atoms with Gasteiger partial charge in [-0.25, -0.2) is 0 Å². The lowest BCUT2D eigenvalue weighted by Gasteiger charge is -2.53. The van der Waals surface area contributed by atoms with E-state index in [4.69, 9.17) is 5.73 Å². The van der Waals surface area contributed by atoms with Crippen LogP contribution in [0.25, 0.3) is 16.9 Å². The fraction of sp³-hybridized carbons (Fsp3) is 0.424. The minimum Gasteiger partial charge on any atom is -0.508 e. The molecular weight excluding hydrogens is 596 g/mol. The lowest BCUT2D eigenvalue weighted by atomic mass is 9.55. The van der Waals surface area contributed by atoms with Gasteiger partial charge in [0.05, 0.1) is 29.7 Å². The summed E-state index contributed by atoms with van der Waals surface area (Å²) in [5, 5.41) is 69.2. The van der Waals surface area contributed by atoms with Crippen LogP contribution in [0, 0.1) is 11.8 Å². The molecule has 2 fully saturated rings. The van der Waals surface area contributed by atoms with E-state index in [9.17, 15) is 45.0 Å². The molecule has 0 spiro atoms. The van der Waals surface area contributed by atoms with Crippen molar-refractivity contribution >= 4 is 23.2 Å². The number of nitrogens with two attached hydrogens (primary N) is 1. The number of piperazine rings is 1. The molecule has 1 aliphatic heterocycles. The monoisotopic (exact) mass is 634 g/mol. The first-order valence-corrected chi connectivity index (χ1v) is 15.1. The molecule has 8 N–H and O–H groups in total. The number of Topliss-reactive ketones (excluding diaryl/α,β-unsaturated/α-hetero) is 2.